The quantitative estimate of drug-likeness (QED) is 0.918. The van der Waals surface area contributed by atoms with Gasteiger partial charge in [0.15, 0.2) is 0 Å². The Morgan fingerprint density at radius 1 is 1.53 bits per heavy atom. The van der Waals surface area contributed by atoms with Crippen LogP contribution in [0, 0.1) is 6.92 Å². The summed E-state index contributed by atoms with van der Waals surface area (Å²) in [6.45, 7) is 3.65. The van der Waals surface area contributed by atoms with E-state index in [1.807, 2.05) is 25.1 Å². The highest BCUT2D eigenvalue weighted by molar-refractivity contribution is 9.10. The molecule has 0 spiro atoms. The van der Waals surface area contributed by atoms with Gasteiger partial charge in [0.25, 0.3) is 5.91 Å². The highest BCUT2D eigenvalue weighted by Crippen LogP contribution is 2.20. The number of ether oxygens (including phenoxy) is 1. The SMILES string of the molecule is COC(C)C(=O)Nc1cc(Br)ccc1C. The highest BCUT2D eigenvalue weighted by Gasteiger charge is 2.12. The lowest BCUT2D eigenvalue weighted by molar-refractivity contribution is -0.124. The summed E-state index contributed by atoms with van der Waals surface area (Å²) in [6.07, 6.45) is -0.441. The van der Waals surface area contributed by atoms with Crippen molar-refractivity contribution in [2.75, 3.05) is 12.4 Å². The molecule has 0 aliphatic carbocycles. The Hall–Kier alpha value is -0.870. The van der Waals surface area contributed by atoms with Gasteiger partial charge in [-0.05, 0) is 31.5 Å². The third-order valence-electron chi connectivity index (χ3n) is 2.18. The average molecular weight is 272 g/mol. The first-order chi connectivity index (χ1) is 7.04. The van der Waals surface area contributed by atoms with Crippen molar-refractivity contribution in [3.63, 3.8) is 0 Å². The van der Waals surface area contributed by atoms with Crippen molar-refractivity contribution in [3.05, 3.63) is 28.2 Å². The molecule has 1 aromatic carbocycles. The van der Waals surface area contributed by atoms with E-state index in [-0.39, 0.29) is 5.91 Å². The number of nitrogens with one attached hydrogen (secondary N) is 1. The van der Waals surface area contributed by atoms with Crippen molar-refractivity contribution >= 4 is 27.5 Å². The molecule has 3 nitrogen and oxygen atoms in total. The summed E-state index contributed by atoms with van der Waals surface area (Å²) in [5.41, 5.74) is 1.83. The van der Waals surface area contributed by atoms with Gasteiger partial charge in [0.05, 0.1) is 0 Å². The number of carbonyl (C=O) groups excluding carboxylic acids is 1. The summed E-state index contributed by atoms with van der Waals surface area (Å²) in [4.78, 5) is 11.6. The molecule has 0 bridgehead atoms. The Morgan fingerprint density at radius 3 is 2.80 bits per heavy atom. The zero-order chi connectivity index (χ0) is 11.4. The summed E-state index contributed by atoms with van der Waals surface area (Å²) in [5.74, 6) is -0.140. The van der Waals surface area contributed by atoms with Gasteiger partial charge in [0, 0.05) is 17.3 Å². The summed E-state index contributed by atoms with van der Waals surface area (Å²) >= 11 is 3.36. The number of halogens is 1. The summed E-state index contributed by atoms with van der Waals surface area (Å²) in [7, 11) is 1.51. The third-order valence-corrected chi connectivity index (χ3v) is 2.67. The predicted octanol–water partition coefficient (Wildman–Crippen LogP) is 2.73. The van der Waals surface area contributed by atoms with Gasteiger partial charge in [-0.15, -0.1) is 0 Å². The van der Waals surface area contributed by atoms with Gasteiger partial charge in [-0.1, -0.05) is 22.0 Å². The first kappa shape index (κ1) is 12.2. The van der Waals surface area contributed by atoms with Crippen LogP contribution >= 0.6 is 15.9 Å². The van der Waals surface area contributed by atoms with Crippen LogP contribution < -0.4 is 5.32 Å². The molecular formula is C11H14BrNO2. The molecule has 0 radical (unpaired) electrons. The number of methoxy groups -OCH3 is 1. The molecular weight excluding hydrogens is 258 g/mol. The number of carbonyl (C=O) groups is 1. The van der Waals surface area contributed by atoms with Crippen LogP contribution in [0.2, 0.25) is 0 Å². The second-order valence-corrected chi connectivity index (χ2v) is 4.24. The summed E-state index contributed by atoms with van der Waals surface area (Å²) in [6, 6.07) is 5.75. The lowest BCUT2D eigenvalue weighted by Gasteiger charge is -2.12. The van der Waals surface area contributed by atoms with Crippen LogP contribution in [0.3, 0.4) is 0 Å². The normalized spacial score (nSPS) is 12.3. The van der Waals surface area contributed by atoms with Gasteiger partial charge in [-0.3, -0.25) is 4.79 Å². The molecule has 1 amide bonds. The first-order valence-corrected chi connectivity index (χ1v) is 5.43. The van der Waals surface area contributed by atoms with Crippen molar-refractivity contribution in [3.8, 4) is 0 Å². The monoisotopic (exact) mass is 271 g/mol. The fraction of sp³-hybridized carbons (Fsp3) is 0.364. The van der Waals surface area contributed by atoms with Gasteiger partial charge < -0.3 is 10.1 Å². The lowest BCUT2D eigenvalue weighted by atomic mass is 10.2. The molecule has 1 aromatic rings. The van der Waals surface area contributed by atoms with Crippen molar-refractivity contribution in [2.24, 2.45) is 0 Å². The number of amides is 1. The molecule has 0 aliphatic heterocycles. The Bertz CT molecular complexity index is 366. The third kappa shape index (κ3) is 3.32. The van der Waals surface area contributed by atoms with E-state index in [1.165, 1.54) is 7.11 Å². The van der Waals surface area contributed by atoms with E-state index >= 15 is 0 Å². The molecule has 1 unspecified atom stereocenters. The van der Waals surface area contributed by atoms with E-state index in [1.54, 1.807) is 6.92 Å². The number of hydrogen-bond acceptors (Lipinski definition) is 2. The largest absolute Gasteiger partial charge is 0.372 e. The van der Waals surface area contributed by atoms with Crippen molar-refractivity contribution in [1.82, 2.24) is 0 Å². The zero-order valence-electron chi connectivity index (χ0n) is 9.00. The minimum atomic E-state index is -0.441. The molecule has 82 valence electrons. The van der Waals surface area contributed by atoms with E-state index < -0.39 is 6.10 Å². The Balaban J connectivity index is 2.80. The summed E-state index contributed by atoms with van der Waals surface area (Å²) in [5, 5.41) is 2.81. The van der Waals surface area contributed by atoms with Crippen LogP contribution in [0.5, 0.6) is 0 Å². The number of rotatable bonds is 3. The maximum atomic E-state index is 11.6. The van der Waals surface area contributed by atoms with Crippen molar-refractivity contribution in [2.45, 2.75) is 20.0 Å². The summed E-state index contributed by atoms with van der Waals surface area (Å²) < 4.78 is 5.87. The predicted molar refractivity (Wildman–Crippen MR) is 64.0 cm³/mol. The molecule has 15 heavy (non-hydrogen) atoms. The van der Waals surface area contributed by atoms with E-state index in [2.05, 4.69) is 21.2 Å². The molecule has 1 atom stereocenters. The second kappa shape index (κ2) is 5.28. The molecule has 0 saturated carbocycles. The Labute approximate surface area is 97.9 Å². The van der Waals surface area contributed by atoms with Crippen LogP contribution in [0.25, 0.3) is 0 Å². The van der Waals surface area contributed by atoms with Gasteiger partial charge >= 0.3 is 0 Å². The molecule has 1 rings (SSSR count). The van der Waals surface area contributed by atoms with Crippen LogP contribution in [-0.4, -0.2) is 19.1 Å². The maximum Gasteiger partial charge on any atom is 0.253 e. The molecule has 0 aromatic heterocycles. The van der Waals surface area contributed by atoms with E-state index in [0.717, 1.165) is 15.7 Å². The topological polar surface area (TPSA) is 38.3 Å². The van der Waals surface area contributed by atoms with Crippen molar-refractivity contribution < 1.29 is 9.53 Å². The second-order valence-electron chi connectivity index (χ2n) is 3.33. The number of anilines is 1. The smallest absolute Gasteiger partial charge is 0.253 e. The van der Waals surface area contributed by atoms with Crippen LogP contribution in [0.15, 0.2) is 22.7 Å². The molecule has 0 fully saturated rings. The standard InChI is InChI=1S/C11H14BrNO2/c1-7-4-5-9(12)6-10(7)13-11(14)8(2)15-3/h4-6,8H,1-3H3,(H,13,14). The van der Waals surface area contributed by atoms with Crippen molar-refractivity contribution in [1.29, 1.82) is 0 Å². The molecule has 0 saturated heterocycles. The number of hydrogen-bond donors (Lipinski definition) is 1. The molecule has 1 N–H and O–H groups in total. The molecule has 0 heterocycles. The average Bonchev–Trinajstić information content (AvgIpc) is 2.22. The van der Waals surface area contributed by atoms with E-state index in [0.29, 0.717) is 0 Å². The number of benzene rings is 1. The van der Waals surface area contributed by atoms with Gasteiger partial charge in [-0.25, -0.2) is 0 Å². The van der Waals surface area contributed by atoms with Gasteiger partial charge in [0.1, 0.15) is 6.10 Å². The molecule has 4 heteroatoms. The highest BCUT2D eigenvalue weighted by atomic mass is 79.9. The minimum Gasteiger partial charge on any atom is -0.372 e. The fourth-order valence-electron chi connectivity index (χ4n) is 1.07. The maximum absolute atomic E-state index is 11.6. The van der Waals surface area contributed by atoms with Gasteiger partial charge in [-0.2, -0.15) is 0 Å². The minimum absolute atomic E-state index is 0.140. The fourth-order valence-corrected chi connectivity index (χ4v) is 1.43. The van der Waals surface area contributed by atoms with E-state index in [9.17, 15) is 4.79 Å². The van der Waals surface area contributed by atoms with Gasteiger partial charge in [0.2, 0.25) is 0 Å². The Morgan fingerprint density at radius 2 is 2.20 bits per heavy atom. The molecule has 0 aliphatic rings. The first-order valence-electron chi connectivity index (χ1n) is 4.64. The number of aryl methyl sites for hydroxylation is 1. The van der Waals surface area contributed by atoms with Crippen LogP contribution in [0.4, 0.5) is 5.69 Å². The van der Waals surface area contributed by atoms with Crippen LogP contribution in [-0.2, 0) is 9.53 Å². The lowest BCUT2D eigenvalue weighted by Crippen LogP contribution is -2.26. The van der Waals surface area contributed by atoms with E-state index in [4.69, 9.17) is 4.74 Å². The zero-order valence-corrected chi connectivity index (χ0v) is 10.6. The van der Waals surface area contributed by atoms with Crippen LogP contribution in [0.1, 0.15) is 12.5 Å². The Kier molecular flexibility index (Phi) is 4.29.